The number of Topliss-reactive ketones (excluding diaryl/α,β-unsaturated/α-hetero) is 1. The van der Waals surface area contributed by atoms with Crippen LogP contribution < -0.4 is 9.47 Å². The molecule has 14 heavy (non-hydrogen) atoms. The molecule has 0 radical (unpaired) electrons. The van der Waals surface area contributed by atoms with Crippen LogP contribution in [-0.2, 0) is 4.79 Å². The fourth-order valence-electron chi connectivity index (χ4n) is 1.24. The quantitative estimate of drug-likeness (QED) is 0.487. The van der Waals surface area contributed by atoms with Crippen LogP contribution in [0.4, 0.5) is 0 Å². The van der Waals surface area contributed by atoms with Crippen molar-refractivity contribution in [2.24, 2.45) is 0 Å². The van der Waals surface area contributed by atoms with Gasteiger partial charge in [0.1, 0.15) is 6.61 Å². The molecule has 0 spiro atoms. The van der Waals surface area contributed by atoms with Crippen molar-refractivity contribution in [1.29, 1.82) is 0 Å². The Kier molecular flexibility index (Phi) is 2.11. The van der Waals surface area contributed by atoms with Gasteiger partial charge in [0.25, 0.3) is 0 Å². The minimum atomic E-state index is -0.671. The van der Waals surface area contributed by atoms with Crippen LogP contribution in [0.25, 0.3) is 0 Å². The number of benzene rings is 1. The lowest BCUT2D eigenvalue weighted by atomic mass is 10.2. The van der Waals surface area contributed by atoms with E-state index in [2.05, 4.69) is 0 Å². The second-order valence-electron chi connectivity index (χ2n) is 2.87. The van der Waals surface area contributed by atoms with E-state index in [0.717, 1.165) is 0 Å². The van der Waals surface area contributed by atoms with Crippen molar-refractivity contribution in [3.05, 3.63) is 24.3 Å². The summed E-state index contributed by atoms with van der Waals surface area (Å²) in [5.74, 6) is 2.84. The molecule has 1 aromatic carbocycles. The van der Waals surface area contributed by atoms with Crippen molar-refractivity contribution >= 4 is 5.78 Å². The van der Waals surface area contributed by atoms with E-state index in [0.29, 0.717) is 11.5 Å². The molecule has 1 atom stereocenters. The van der Waals surface area contributed by atoms with Crippen LogP contribution >= 0.6 is 0 Å². The van der Waals surface area contributed by atoms with Gasteiger partial charge in [-0.15, -0.1) is 6.42 Å². The molecule has 0 saturated heterocycles. The lowest BCUT2D eigenvalue weighted by Crippen LogP contribution is -2.35. The molecule has 70 valence electrons. The lowest BCUT2D eigenvalue weighted by Gasteiger charge is -2.23. The zero-order chi connectivity index (χ0) is 9.97. The topological polar surface area (TPSA) is 35.5 Å². The van der Waals surface area contributed by atoms with Gasteiger partial charge in [-0.2, -0.15) is 0 Å². The number of carbonyl (C=O) groups is 1. The van der Waals surface area contributed by atoms with E-state index in [1.165, 1.54) is 0 Å². The average molecular weight is 188 g/mol. The third kappa shape index (κ3) is 1.42. The van der Waals surface area contributed by atoms with E-state index >= 15 is 0 Å². The van der Waals surface area contributed by atoms with Crippen molar-refractivity contribution in [2.75, 3.05) is 6.61 Å². The molecule has 0 saturated carbocycles. The van der Waals surface area contributed by atoms with Gasteiger partial charge >= 0.3 is 0 Å². The second kappa shape index (κ2) is 3.43. The highest BCUT2D eigenvalue weighted by atomic mass is 16.6. The molecule has 1 aliphatic rings. The molecular formula is C11H8O3. The number of para-hydroxylation sites is 2. The molecule has 3 nitrogen and oxygen atoms in total. The predicted molar refractivity (Wildman–Crippen MR) is 50.2 cm³/mol. The SMILES string of the molecule is C#CC(=O)C1COc2ccccc2O1. The van der Waals surface area contributed by atoms with E-state index in [-0.39, 0.29) is 12.4 Å². The van der Waals surface area contributed by atoms with E-state index in [9.17, 15) is 4.79 Å². The van der Waals surface area contributed by atoms with Crippen molar-refractivity contribution < 1.29 is 14.3 Å². The van der Waals surface area contributed by atoms with Crippen LogP contribution in [0.1, 0.15) is 0 Å². The fourth-order valence-corrected chi connectivity index (χ4v) is 1.24. The second-order valence-corrected chi connectivity index (χ2v) is 2.87. The Morgan fingerprint density at radius 2 is 2.14 bits per heavy atom. The van der Waals surface area contributed by atoms with Gasteiger partial charge in [-0.3, -0.25) is 4.79 Å². The van der Waals surface area contributed by atoms with Crippen LogP contribution in [0, 0.1) is 12.3 Å². The Labute approximate surface area is 81.6 Å². The molecule has 0 bridgehead atoms. The molecule has 3 heteroatoms. The first-order valence-electron chi connectivity index (χ1n) is 4.20. The number of hydrogen-bond acceptors (Lipinski definition) is 3. The van der Waals surface area contributed by atoms with Crippen molar-refractivity contribution in [2.45, 2.75) is 6.10 Å². The average Bonchev–Trinajstić information content (AvgIpc) is 2.27. The fraction of sp³-hybridized carbons (Fsp3) is 0.182. The Hall–Kier alpha value is -1.95. The number of carbonyl (C=O) groups excluding carboxylic acids is 1. The molecule has 1 heterocycles. The smallest absolute Gasteiger partial charge is 0.249 e. The predicted octanol–water partition coefficient (Wildman–Crippen LogP) is 1.03. The maximum absolute atomic E-state index is 11.1. The van der Waals surface area contributed by atoms with Crippen LogP contribution in [0.3, 0.4) is 0 Å². The molecule has 0 aliphatic carbocycles. The summed E-state index contributed by atoms with van der Waals surface area (Å²) in [6, 6.07) is 7.17. The summed E-state index contributed by atoms with van der Waals surface area (Å²) in [5.41, 5.74) is 0. The third-order valence-electron chi connectivity index (χ3n) is 1.94. The highest BCUT2D eigenvalue weighted by Crippen LogP contribution is 2.30. The maximum Gasteiger partial charge on any atom is 0.249 e. The summed E-state index contributed by atoms with van der Waals surface area (Å²) in [6.45, 7) is 0.181. The Morgan fingerprint density at radius 3 is 2.86 bits per heavy atom. The van der Waals surface area contributed by atoms with Gasteiger partial charge < -0.3 is 9.47 Å². The first kappa shape index (κ1) is 8.64. The highest BCUT2D eigenvalue weighted by molar-refractivity contribution is 5.98. The van der Waals surface area contributed by atoms with Gasteiger partial charge in [0.15, 0.2) is 11.5 Å². The first-order valence-corrected chi connectivity index (χ1v) is 4.20. The summed E-state index contributed by atoms with van der Waals surface area (Å²) in [5, 5.41) is 0. The summed E-state index contributed by atoms with van der Waals surface area (Å²) < 4.78 is 10.7. The lowest BCUT2D eigenvalue weighted by molar-refractivity contribution is -0.122. The zero-order valence-electron chi connectivity index (χ0n) is 7.40. The molecule has 2 rings (SSSR count). The van der Waals surface area contributed by atoms with Crippen LogP contribution in [0.2, 0.25) is 0 Å². The molecule has 0 fully saturated rings. The van der Waals surface area contributed by atoms with E-state index in [4.69, 9.17) is 15.9 Å². The Bertz CT molecular complexity index is 403. The summed E-state index contributed by atoms with van der Waals surface area (Å²) >= 11 is 0. The normalized spacial score (nSPS) is 18.4. The molecule has 1 unspecified atom stereocenters. The number of hydrogen-bond donors (Lipinski definition) is 0. The van der Waals surface area contributed by atoms with Crippen molar-refractivity contribution in [3.8, 4) is 23.8 Å². The molecule has 0 aromatic heterocycles. The van der Waals surface area contributed by atoms with Crippen molar-refractivity contribution in [1.82, 2.24) is 0 Å². The maximum atomic E-state index is 11.1. The van der Waals surface area contributed by atoms with Crippen molar-refractivity contribution in [3.63, 3.8) is 0 Å². The van der Waals surface area contributed by atoms with Gasteiger partial charge in [0.2, 0.25) is 11.9 Å². The van der Waals surface area contributed by atoms with Crippen LogP contribution in [0.15, 0.2) is 24.3 Å². The van der Waals surface area contributed by atoms with E-state index in [1.54, 1.807) is 12.1 Å². The molecule has 0 N–H and O–H groups in total. The van der Waals surface area contributed by atoms with Gasteiger partial charge in [-0.05, 0) is 18.1 Å². The minimum Gasteiger partial charge on any atom is -0.485 e. The van der Waals surface area contributed by atoms with Gasteiger partial charge in [0, 0.05) is 0 Å². The highest BCUT2D eigenvalue weighted by Gasteiger charge is 2.25. The van der Waals surface area contributed by atoms with E-state index < -0.39 is 6.10 Å². The summed E-state index contributed by atoms with van der Waals surface area (Å²) in [4.78, 5) is 11.1. The van der Waals surface area contributed by atoms with E-state index in [1.807, 2.05) is 18.1 Å². The standard InChI is InChI=1S/C11H8O3/c1-2-8(12)11-7-13-9-5-3-4-6-10(9)14-11/h1,3-6,11H,7H2. The Balaban J connectivity index is 2.22. The van der Waals surface area contributed by atoms with Crippen LogP contribution in [0.5, 0.6) is 11.5 Å². The summed E-state index contributed by atoms with van der Waals surface area (Å²) in [6.07, 6.45) is 4.32. The largest absolute Gasteiger partial charge is 0.485 e. The van der Waals surface area contributed by atoms with Gasteiger partial charge in [-0.25, -0.2) is 0 Å². The number of terminal acetylenes is 1. The molecular weight excluding hydrogens is 180 g/mol. The molecule has 0 amide bonds. The van der Waals surface area contributed by atoms with Gasteiger partial charge in [0.05, 0.1) is 0 Å². The third-order valence-corrected chi connectivity index (χ3v) is 1.94. The van der Waals surface area contributed by atoms with Gasteiger partial charge in [-0.1, -0.05) is 12.1 Å². The first-order chi connectivity index (χ1) is 6.81. The number of ether oxygens (including phenoxy) is 2. The zero-order valence-corrected chi connectivity index (χ0v) is 7.40. The number of ketones is 1. The monoisotopic (exact) mass is 188 g/mol. The molecule has 1 aliphatic heterocycles. The van der Waals surface area contributed by atoms with Crippen LogP contribution in [-0.4, -0.2) is 18.5 Å². The number of fused-ring (bicyclic) bond motifs is 1. The summed E-state index contributed by atoms with van der Waals surface area (Å²) in [7, 11) is 0. The number of rotatable bonds is 1. The minimum absolute atomic E-state index is 0.181. The Morgan fingerprint density at radius 1 is 1.43 bits per heavy atom. The molecule has 1 aromatic rings.